The maximum atomic E-state index is 12.6. The second-order valence-corrected chi connectivity index (χ2v) is 8.27. The SMILES string of the molecule is CSCCC(NC(=O)c1cccc(C)c1)C(=O)NNc1c(Cl)cc(Cl)cc1Cl. The van der Waals surface area contributed by atoms with Crippen molar-refractivity contribution in [2.45, 2.75) is 19.4 Å². The Kier molecular flexibility index (Phi) is 8.76. The molecule has 1 unspecified atom stereocenters. The van der Waals surface area contributed by atoms with Gasteiger partial charge in [0.15, 0.2) is 0 Å². The van der Waals surface area contributed by atoms with Gasteiger partial charge in [-0.2, -0.15) is 11.8 Å². The van der Waals surface area contributed by atoms with Gasteiger partial charge in [-0.1, -0.05) is 52.5 Å². The molecule has 0 heterocycles. The van der Waals surface area contributed by atoms with E-state index in [1.165, 1.54) is 12.1 Å². The van der Waals surface area contributed by atoms with Crippen LogP contribution in [0.1, 0.15) is 22.3 Å². The lowest BCUT2D eigenvalue weighted by atomic mass is 10.1. The Hall–Kier alpha value is -1.60. The van der Waals surface area contributed by atoms with Crippen molar-refractivity contribution in [2.75, 3.05) is 17.4 Å². The van der Waals surface area contributed by atoms with Crippen LogP contribution in [0.15, 0.2) is 36.4 Å². The molecule has 2 aromatic carbocycles. The summed E-state index contributed by atoms with van der Waals surface area (Å²) < 4.78 is 0. The highest BCUT2D eigenvalue weighted by Crippen LogP contribution is 2.33. The third-order valence-corrected chi connectivity index (χ3v) is 5.29. The van der Waals surface area contributed by atoms with Crippen molar-refractivity contribution < 1.29 is 9.59 Å². The van der Waals surface area contributed by atoms with Crippen molar-refractivity contribution in [1.82, 2.24) is 10.7 Å². The number of benzene rings is 2. The fraction of sp³-hybridized carbons (Fsp3) is 0.263. The van der Waals surface area contributed by atoms with Crippen LogP contribution in [0.5, 0.6) is 0 Å². The molecule has 0 spiro atoms. The number of nitrogens with one attached hydrogen (secondary N) is 3. The van der Waals surface area contributed by atoms with E-state index in [1.54, 1.807) is 30.0 Å². The summed E-state index contributed by atoms with van der Waals surface area (Å²) in [5.41, 5.74) is 7.05. The van der Waals surface area contributed by atoms with Gasteiger partial charge in [0.25, 0.3) is 11.8 Å². The number of amides is 2. The lowest BCUT2D eigenvalue weighted by Crippen LogP contribution is -2.48. The predicted molar refractivity (Wildman–Crippen MR) is 119 cm³/mol. The van der Waals surface area contributed by atoms with Gasteiger partial charge in [-0.3, -0.25) is 20.4 Å². The van der Waals surface area contributed by atoms with Crippen LogP contribution in [0, 0.1) is 6.92 Å². The third kappa shape index (κ3) is 6.48. The second kappa shape index (κ2) is 10.8. The summed E-state index contributed by atoms with van der Waals surface area (Å²) in [6, 6.07) is 9.47. The Bertz CT molecular complexity index is 841. The molecule has 0 bridgehead atoms. The predicted octanol–water partition coefficient (Wildman–Crippen LogP) is 4.95. The molecule has 2 aromatic rings. The smallest absolute Gasteiger partial charge is 0.260 e. The van der Waals surface area contributed by atoms with Gasteiger partial charge < -0.3 is 5.32 Å². The van der Waals surface area contributed by atoms with E-state index in [-0.39, 0.29) is 16.0 Å². The molecule has 0 radical (unpaired) electrons. The van der Waals surface area contributed by atoms with Gasteiger partial charge in [-0.15, -0.1) is 0 Å². The van der Waals surface area contributed by atoms with Gasteiger partial charge in [-0.05, 0) is 49.6 Å². The van der Waals surface area contributed by atoms with Crippen LogP contribution >= 0.6 is 46.6 Å². The van der Waals surface area contributed by atoms with E-state index in [1.807, 2.05) is 19.2 Å². The maximum Gasteiger partial charge on any atom is 0.260 e. The van der Waals surface area contributed by atoms with E-state index >= 15 is 0 Å². The average molecular weight is 461 g/mol. The molecule has 0 aliphatic carbocycles. The Balaban J connectivity index is 2.07. The number of hydrogen-bond donors (Lipinski definition) is 3. The standard InChI is InChI=1S/C19H20Cl3N3O2S/c1-11-4-3-5-12(8-11)18(26)23-16(6-7-28-2)19(27)25-24-17-14(21)9-13(20)10-15(17)22/h3-5,8-10,16,24H,6-7H2,1-2H3,(H,23,26)(H,25,27). The Morgan fingerprint density at radius 2 is 1.79 bits per heavy atom. The Morgan fingerprint density at radius 1 is 1.11 bits per heavy atom. The Labute approximate surface area is 183 Å². The van der Waals surface area contributed by atoms with Gasteiger partial charge >= 0.3 is 0 Å². The minimum absolute atomic E-state index is 0.266. The summed E-state index contributed by atoms with van der Waals surface area (Å²) in [6.45, 7) is 1.90. The van der Waals surface area contributed by atoms with Crippen LogP contribution in [0.4, 0.5) is 5.69 Å². The fourth-order valence-corrected chi connectivity index (χ4v) is 3.79. The summed E-state index contributed by atoms with van der Waals surface area (Å²) in [7, 11) is 0. The van der Waals surface area contributed by atoms with E-state index in [4.69, 9.17) is 34.8 Å². The van der Waals surface area contributed by atoms with Crippen LogP contribution in [0.2, 0.25) is 15.1 Å². The first kappa shape index (κ1) is 22.7. The number of hydrogen-bond acceptors (Lipinski definition) is 4. The molecule has 5 nitrogen and oxygen atoms in total. The topological polar surface area (TPSA) is 70.2 Å². The van der Waals surface area contributed by atoms with Crippen molar-refractivity contribution >= 4 is 64.1 Å². The molecule has 0 saturated heterocycles. The molecule has 2 amide bonds. The molecule has 0 aliphatic rings. The highest BCUT2D eigenvalue weighted by molar-refractivity contribution is 7.98. The number of hydrazine groups is 1. The van der Waals surface area contributed by atoms with Crippen molar-refractivity contribution in [2.24, 2.45) is 0 Å². The van der Waals surface area contributed by atoms with Crippen molar-refractivity contribution in [1.29, 1.82) is 0 Å². The molecule has 1 atom stereocenters. The first-order valence-electron chi connectivity index (χ1n) is 8.38. The highest BCUT2D eigenvalue weighted by atomic mass is 35.5. The molecule has 0 fully saturated rings. The molecule has 0 saturated carbocycles. The summed E-state index contributed by atoms with van der Waals surface area (Å²) in [4.78, 5) is 25.2. The largest absolute Gasteiger partial charge is 0.340 e. The third-order valence-electron chi connectivity index (χ3n) is 3.83. The minimum atomic E-state index is -0.724. The summed E-state index contributed by atoms with van der Waals surface area (Å²) in [5, 5.41) is 3.69. The summed E-state index contributed by atoms with van der Waals surface area (Å²) >= 11 is 19.7. The highest BCUT2D eigenvalue weighted by Gasteiger charge is 2.21. The number of carbonyl (C=O) groups is 2. The number of halogens is 3. The van der Waals surface area contributed by atoms with E-state index in [0.717, 1.165) is 5.56 Å². The molecule has 0 aromatic heterocycles. The quantitative estimate of drug-likeness (QED) is 0.487. The minimum Gasteiger partial charge on any atom is -0.340 e. The van der Waals surface area contributed by atoms with Crippen molar-refractivity contribution in [3.63, 3.8) is 0 Å². The molecule has 28 heavy (non-hydrogen) atoms. The lowest BCUT2D eigenvalue weighted by molar-refractivity contribution is -0.122. The van der Waals surface area contributed by atoms with E-state index in [9.17, 15) is 9.59 Å². The van der Waals surface area contributed by atoms with Gasteiger partial charge in [-0.25, -0.2) is 0 Å². The zero-order valence-corrected chi connectivity index (χ0v) is 18.4. The van der Waals surface area contributed by atoms with Crippen LogP contribution in [-0.2, 0) is 4.79 Å². The molecule has 150 valence electrons. The number of thioether (sulfide) groups is 1. The lowest BCUT2D eigenvalue weighted by Gasteiger charge is -2.20. The van der Waals surface area contributed by atoms with E-state index in [0.29, 0.717) is 28.4 Å². The van der Waals surface area contributed by atoms with E-state index in [2.05, 4.69) is 16.2 Å². The summed E-state index contributed by atoms with van der Waals surface area (Å²) in [5.74, 6) is -0.0149. The number of aryl methyl sites for hydroxylation is 1. The number of anilines is 1. The second-order valence-electron chi connectivity index (χ2n) is 6.04. The fourth-order valence-electron chi connectivity index (χ4n) is 2.41. The van der Waals surface area contributed by atoms with Gasteiger partial charge in [0.1, 0.15) is 6.04 Å². The van der Waals surface area contributed by atoms with Gasteiger partial charge in [0, 0.05) is 10.6 Å². The Morgan fingerprint density at radius 3 is 2.39 bits per heavy atom. The van der Waals surface area contributed by atoms with Gasteiger partial charge in [0.05, 0.1) is 15.7 Å². The van der Waals surface area contributed by atoms with Crippen LogP contribution in [0.25, 0.3) is 0 Å². The summed E-state index contributed by atoms with van der Waals surface area (Å²) in [6.07, 6.45) is 2.40. The van der Waals surface area contributed by atoms with Crippen molar-refractivity contribution in [3.05, 3.63) is 62.6 Å². The normalized spacial score (nSPS) is 11.6. The first-order chi connectivity index (χ1) is 13.3. The van der Waals surface area contributed by atoms with Crippen LogP contribution in [0.3, 0.4) is 0 Å². The maximum absolute atomic E-state index is 12.6. The van der Waals surface area contributed by atoms with Gasteiger partial charge in [0.2, 0.25) is 0 Å². The average Bonchev–Trinajstić information content (AvgIpc) is 2.63. The first-order valence-corrected chi connectivity index (χ1v) is 10.9. The molecular formula is C19H20Cl3N3O2S. The molecule has 9 heteroatoms. The number of carbonyl (C=O) groups excluding carboxylic acids is 2. The molecule has 3 N–H and O–H groups in total. The molecule has 0 aliphatic heterocycles. The monoisotopic (exact) mass is 459 g/mol. The van der Waals surface area contributed by atoms with Crippen molar-refractivity contribution in [3.8, 4) is 0 Å². The molecule has 2 rings (SSSR count). The van der Waals surface area contributed by atoms with Crippen LogP contribution in [-0.4, -0.2) is 29.9 Å². The van der Waals surface area contributed by atoms with Crippen LogP contribution < -0.4 is 16.2 Å². The zero-order valence-electron chi connectivity index (χ0n) is 15.3. The zero-order chi connectivity index (χ0) is 20.7. The molecular weight excluding hydrogens is 441 g/mol. The van der Waals surface area contributed by atoms with E-state index < -0.39 is 11.9 Å². The number of rotatable bonds is 8.